The molecule has 0 spiro atoms. The van der Waals surface area contributed by atoms with Crippen LogP contribution in [0.15, 0.2) is 11.6 Å². The Balaban J connectivity index is 3.94. The summed E-state index contributed by atoms with van der Waals surface area (Å²) >= 11 is 0. The van der Waals surface area contributed by atoms with E-state index in [0.29, 0.717) is 31.3 Å². The molecule has 0 bridgehead atoms. The Bertz CT molecular complexity index is 281. The van der Waals surface area contributed by atoms with Crippen LogP contribution in [0.5, 0.6) is 0 Å². The lowest BCUT2D eigenvalue weighted by molar-refractivity contribution is -0.142. The fraction of sp³-hybridized carbons (Fsp3) is 0.692. The second kappa shape index (κ2) is 8.79. The molecule has 4 nitrogen and oxygen atoms in total. The maximum atomic E-state index is 10.8. The normalized spacial score (nSPS) is 13.4. The molecule has 0 aromatic rings. The van der Waals surface area contributed by atoms with Crippen LogP contribution in [0.25, 0.3) is 0 Å². The number of unbranched alkanes of at least 4 members (excludes halogenated alkanes) is 1. The molecule has 0 rings (SSSR count). The lowest BCUT2D eigenvalue weighted by Gasteiger charge is -2.09. The minimum Gasteiger partial charge on any atom is -0.481 e. The Morgan fingerprint density at radius 3 is 2.24 bits per heavy atom. The maximum Gasteiger partial charge on any atom is 0.331 e. The van der Waals surface area contributed by atoms with Gasteiger partial charge in [0.15, 0.2) is 0 Å². The minimum absolute atomic E-state index is 0.293. The van der Waals surface area contributed by atoms with E-state index in [0.717, 1.165) is 12.8 Å². The Kier molecular flexibility index (Phi) is 8.11. The molecule has 0 amide bonds. The van der Waals surface area contributed by atoms with Gasteiger partial charge in [-0.15, -0.1) is 0 Å². The Labute approximate surface area is 102 Å². The zero-order chi connectivity index (χ0) is 13.3. The van der Waals surface area contributed by atoms with E-state index >= 15 is 0 Å². The average molecular weight is 242 g/mol. The summed E-state index contributed by atoms with van der Waals surface area (Å²) in [6.07, 6.45) is 5.72. The second-order valence-corrected chi connectivity index (χ2v) is 4.13. The summed E-state index contributed by atoms with van der Waals surface area (Å²) in [7, 11) is 0. The van der Waals surface area contributed by atoms with Gasteiger partial charge in [0, 0.05) is 5.57 Å². The number of aliphatic carboxylic acids is 2. The maximum absolute atomic E-state index is 10.8. The second-order valence-electron chi connectivity index (χ2n) is 4.13. The molecular weight excluding hydrogens is 220 g/mol. The number of allylic oxidation sites excluding steroid dienone is 1. The molecule has 1 atom stereocenters. The molecule has 0 aliphatic rings. The molecule has 98 valence electrons. The summed E-state index contributed by atoms with van der Waals surface area (Å²) in [5.74, 6) is -1.91. The summed E-state index contributed by atoms with van der Waals surface area (Å²) in [5.41, 5.74) is 0.441. The van der Waals surface area contributed by atoms with Crippen molar-refractivity contribution in [3.8, 4) is 0 Å². The van der Waals surface area contributed by atoms with Gasteiger partial charge in [-0.05, 0) is 32.1 Å². The number of hydrogen-bond donors (Lipinski definition) is 2. The van der Waals surface area contributed by atoms with Gasteiger partial charge in [-0.1, -0.05) is 26.3 Å². The van der Waals surface area contributed by atoms with Gasteiger partial charge >= 0.3 is 11.9 Å². The molecule has 0 aliphatic carbocycles. The van der Waals surface area contributed by atoms with Crippen LogP contribution < -0.4 is 0 Å². The van der Waals surface area contributed by atoms with Crippen molar-refractivity contribution in [2.24, 2.45) is 5.92 Å². The van der Waals surface area contributed by atoms with Crippen molar-refractivity contribution in [3.63, 3.8) is 0 Å². The molecule has 0 aromatic heterocycles. The Hall–Kier alpha value is -1.32. The van der Waals surface area contributed by atoms with E-state index < -0.39 is 11.9 Å². The summed E-state index contributed by atoms with van der Waals surface area (Å²) in [6.45, 7) is 3.76. The van der Waals surface area contributed by atoms with Crippen molar-refractivity contribution < 1.29 is 19.8 Å². The van der Waals surface area contributed by atoms with Crippen molar-refractivity contribution >= 4 is 11.9 Å². The van der Waals surface area contributed by atoms with E-state index in [2.05, 4.69) is 0 Å². The number of carbonyl (C=O) groups is 2. The van der Waals surface area contributed by atoms with Crippen molar-refractivity contribution in [2.75, 3.05) is 0 Å². The minimum atomic E-state index is -0.864. The number of rotatable bonds is 9. The third-order valence-electron chi connectivity index (χ3n) is 2.82. The van der Waals surface area contributed by atoms with Crippen LogP contribution in [-0.2, 0) is 9.59 Å². The molecule has 2 N–H and O–H groups in total. The third kappa shape index (κ3) is 6.76. The molecule has 0 saturated carbocycles. The molecule has 0 aromatic carbocycles. The SMILES string of the molecule is CCC=C(CCCCC(CC)C(=O)O)C(=O)O. The fourth-order valence-corrected chi connectivity index (χ4v) is 1.75. The predicted octanol–water partition coefficient (Wildman–Crippen LogP) is 3.08. The first-order valence-electron chi connectivity index (χ1n) is 6.18. The van der Waals surface area contributed by atoms with Crippen LogP contribution in [0.4, 0.5) is 0 Å². The lowest BCUT2D eigenvalue weighted by Crippen LogP contribution is -2.12. The monoisotopic (exact) mass is 242 g/mol. The zero-order valence-corrected chi connectivity index (χ0v) is 10.6. The van der Waals surface area contributed by atoms with Gasteiger partial charge in [-0.2, -0.15) is 0 Å². The van der Waals surface area contributed by atoms with Crippen molar-refractivity contribution in [2.45, 2.75) is 52.4 Å². The first kappa shape index (κ1) is 15.7. The van der Waals surface area contributed by atoms with Gasteiger partial charge < -0.3 is 10.2 Å². The van der Waals surface area contributed by atoms with Gasteiger partial charge in [0.2, 0.25) is 0 Å². The Morgan fingerprint density at radius 2 is 1.82 bits per heavy atom. The average Bonchev–Trinajstić information content (AvgIpc) is 2.26. The van der Waals surface area contributed by atoms with E-state index in [1.165, 1.54) is 0 Å². The molecule has 0 saturated heterocycles. The highest BCUT2D eigenvalue weighted by Gasteiger charge is 2.14. The first-order valence-corrected chi connectivity index (χ1v) is 6.18. The van der Waals surface area contributed by atoms with Crippen LogP contribution in [0.2, 0.25) is 0 Å². The van der Waals surface area contributed by atoms with Crippen LogP contribution in [0.3, 0.4) is 0 Å². The van der Waals surface area contributed by atoms with E-state index in [4.69, 9.17) is 10.2 Å². The van der Waals surface area contributed by atoms with Gasteiger partial charge in [0.05, 0.1) is 5.92 Å². The predicted molar refractivity (Wildman–Crippen MR) is 65.9 cm³/mol. The van der Waals surface area contributed by atoms with Crippen molar-refractivity contribution in [3.05, 3.63) is 11.6 Å². The standard InChI is InChI=1S/C13H22O4/c1-3-7-11(13(16)17)9-6-5-8-10(4-2)12(14)15/h7,10H,3-6,8-9H2,1-2H3,(H,14,15)(H,16,17). The van der Waals surface area contributed by atoms with E-state index in [1.807, 2.05) is 13.8 Å². The fourth-order valence-electron chi connectivity index (χ4n) is 1.75. The smallest absolute Gasteiger partial charge is 0.331 e. The van der Waals surface area contributed by atoms with E-state index in [-0.39, 0.29) is 5.92 Å². The largest absolute Gasteiger partial charge is 0.481 e. The van der Waals surface area contributed by atoms with Gasteiger partial charge in [-0.25, -0.2) is 4.79 Å². The Morgan fingerprint density at radius 1 is 1.18 bits per heavy atom. The number of carboxylic acids is 2. The summed E-state index contributed by atoms with van der Waals surface area (Å²) < 4.78 is 0. The highest BCUT2D eigenvalue weighted by molar-refractivity contribution is 5.86. The van der Waals surface area contributed by atoms with Crippen molar-refractivity contribution in [1.29, 1.82) is 0 Å². The van der Waals surface area contributed by atoms with E-state index in [9.17, 15) is 9.59 Å². The molecule has 0 aliphatic heterocycles. The first-order chi connectivity index (χ1) is 8.02. The molecular formula is C13H22O4. The number of carboxylic acid groups (broad SMARTS) is 2. The van der Waals surface area contributed by atoms with E-state index in [1.54, 1.807) is 6.08 Å². The molecule has 0 heterocycles. The summed E-state index contributed by atoms with van der Waals surface area (Å²) in [5, 5.41) is 17.7. The molecule has 4 heteroatoms. The van der Waals surface area contributed by atoms with Crippen LogP contribution >= 0.6 is 0 Å². The molecule has 0 radical (unpaired) electrons. The van der Waals surface area contributed by atoms with Gasteiger partial charge in [0.25, 0.3) is 0 Å². The molecule has 17 heavy (non-hydrogen) atoms. The van der Waals surface area contributed by atoms with Crippen LogP contribution in [0, 0.1) is 5.92 Å². The highest BCUT2D eigenvalue weighted by atomic mass is 16.4. The summed E-state index contributed by atoms with van der Waals surface area (Å²) in [4.78, 5) is 21.6. The van der Waals surface area contributed by atoms with Gasteiger partial charge in [-0.3, -0.25) is 4.79 Å². The highest BCUT2D eigenvalue weighted by Crippen LogP contribution is 2.16. The third-order valence-corrected chi connectivity index (χ3v) is 2.82. The number of hydrogen-bond acceptors (Lipinski definition) is 2. The van der Waals surface area contributed by atoms with Gasteiger partial charge in [0.1, 0.15) is 0 Å². The van der Waals surface area contributed by atoms with Crippen molar-refractivity contribution in [1.82, 2.24) is 0 Å². The quantitative estimate of drug-likeness (QED) is 0.481. The van der Waals surface area contributed by atoms with Crippen LogP contribution in [0.1, 0.15) is 52.4 Å². The van der Waals surface area contributed by atoms with Crippen LogP contribution in [-0.4, -0.2) is 22.2 Å². The topological polar surface area (TPSA) is 74.6 Å². The molecule has 1 unspecified atom stereocenters. The molecule has 0 fully saturated rings. The lowest BCUT2D eigenvalue weighted by atomic mass is 9.97. The summed E-state index contributed by atoms with van der Waals surface area (Å²) in [6, 6.07) is 0. The zero-order valence-electron chi connectivity index (χ0n) is 10.6.